The van der Waals surface area contributed by atoms with Gasteiger partial charge in [-0.15, -0.1) is 0 Å². The standard InChI is InChI=1S/C22H21NO6/c24-19(25)18-17-11-23(21(27)29-13-16-9-5-2-6-10-16)14-22(17,18)20(26)28-12-15-7-3-1-4-8-15/h1-10,17-18H,11-14H2,(H,24,25). The first-order valence-corrected chi connectivity index (χ1v) is 9.42. The molecule has 2 aromatic rings. The summed E-state index contributed by atoms with van der Waals surface area (Å²) in [7, 11) is 0. The van der Waals surface area contributed by atoms with Crippen molar-refractivity contribution in [3.63, 3.8) is 0 Å². The summed E-state index contributed by atoms with van der Waals surface area (Å²) in [6.07, 6.45) is -0.555. The van der Waals surface area contributed by atoms with Crippen molar-refractivity contribution in [2.45, 2.75) is 13.2 Å². The molecule has 0 bridgehead atoms. The molecule has 0 spiro atoms. The van der Waals surface area contributed by atoms with Gasteiger partial charge in [-0.2, -0.15) is 0 Å². The van der Waals surface area contributed by atoms with E-state index < -0.39 is 35.3 Å². The number of fused-ring (bicyclic) bond motifs is 1. The molecule has 1 heterocycles. The van der Waals surface area contributed by atoms with Crippen LogP contribution < -0.4 is 0 Å². The average Bonchev–Trinajstić information content (AvgIpc) is 3.22. The number of ether oxygens (including phenoxy) is 2. The number of carbonyl (C=O) groups excluding carboxylic acids is 2. The van der Waals surface area contributed by atoms with E-state index in [1.165, 1.54) is 4.90 Å². The van der Waals surface area contributed by atoms with Gasteiger partial charge in [-0.1, -0.05) is 60.7 Å². The number of piperidine rings is 1. The number of carbonyl (C=O) groups is 3. The Bertz CT molecular complexity index is 915. The Hall–Kier alpha value is -3.35. The fourth-order valence-corrected chi connectivity index (χ4v) is 4.16. The van der Waals surface area contributed by atoms with Gasteiger partial charge in [0.2, 0.25) is 0 Å². The van der Waals surface area contributed by atoms with Crippen LogP contribution in [0.15, 0.2) is 60.7 Å². The third-order valence-electron chi connectivity index (χ3n) is 5.70. The molecule has 29 heavy (non-hydrogen) atoms. The molecule has 1 aliphatic heterocycles. The highest BCUT2D eigenvalue weighted by Crippen LogP contribution is 2.64. The maximum absolute atomic E-state index is 12.8. The van der Waals surface area contributed by atoms with E-state index in [1.54, 1.807) is 0 Å². The van der Waals surface area contributed by atoms with Gasteiger partial charge < -0.3 is 19.5 Å². The number of carboxylic acid groups (broad SMARTS) is 1. The number of carboxylic acids is 1. The highest BCUT2D eigenvalue weighted by atomic mass is 16.6. The molecule has 4 rings (SSSR count). The van der Waals surface area contributed by atoms with Gasteiger partial charge in [0.1, 0.15) is 18.6 Å². The second-order valence-corrected chi connectivity index (χ2v) is 7.45. The zero-order valence-corrected chi connectivity index (χ0v) is 15.7. The molecule has 1 amide bonds. The molecule has 1 N–H and O–H groups in total. The highest BCUT2D eigenvalue weighted by Gasteiger charge is 2.78. The van der Waals surface area contributed by atoms with E-state index in [-0.39, 0.29) is 26.3 Å². The lowest BCUT2D eigenvalue weighted by molar-refractivity contribution is -0.155. The van der Waals surface area contributed by atoms with Gasteiger partial charge in [-0.25, -0.2) is 4.79 Å². The molecule has 2 aliphatic rings. The van der Waals surface area contributed by atoms with E-state index in [0.717, 1.165) is 11.1 Å². The zero-order chi connectivity index (χ0) is 20.4. The summed E-state index contributed by atoms with van der Waals surface area (Å²) >= 11 is 0. The Kier molecular flexibility index (Phi) is 4.96. The molecular formula is C22H21NO6. The van der Waals surface area contributed by atoms with Crippen molar-refractivity contribution in [3.8, 4) is 0 Å². The van der Waals surface area contributed by atoms with Gasteiger partial charge in [0.25, 0.3) is 0 Å². The Morgan fingerprint density at radius 2 is 1.48 bits per heavy atom. The van der Waals surface area contributed by atoms with Crippen LogP contribution in [0.2, 0.25) is 0 Å². The molecule has 2 fully saturated rings. The summed E-state index contributed by atoms with van der Waals surface area (Å²) in [5.41, 5.74) is 0.482. The minimum atomic E-state index is -1.19. The first-order valence-electron chi connectivity index (χ1n) is 9.42. The summed E-state index contributed by atoms with van der Waals surface area (Å²) in [5.74, 6) is -2.89. The number of benzene rings is 2. The van der Waals surface area contributed by atoms with Crippen molar-refractivity contribution in [3.05, 3.63) is 71.8 Å². The van der Waals surface area contributed by atoms with Gasteiger partial charge in [-0.3, -0.25) is 9.59 Å². The number of aliphatic carboxylic acids is 1. The fourth-order valence-electron chi connectivity index (χ4n) is 4.16. The fraction of sp³-hybridized carbons (Fsp3) is 0.318. The van der Waals surface area contributed by atoms with Gasteiger partial charge in [0, 0.05) is 19.0 Å². The van der Waals surface area contributed by atoms with E-state index in [2.05, 4.69) is 0 Å². The lowest BCUT2D eigenvalue weighted by Gasteiger charge is -2.21. The molecule has 1 aliphatic carbocycles. The van der Waals surface area contributed by atoms with Crippen LogP contribution in [0.3, 0.4) is 0 Å². The number of esters is 1. The molecule has 1 saturated carbocycles. The molecule has 0 aromatic heterocycles. The molecule has 1 saturated heterocycles. The summed E-state index contributed by atoms with van der Waals surface area (Å²) < 4.78 is 10.7. The normalized spacial score (nSPS) is 24.5. The van der Waals surface area contributed by atoms with E-state index in [0.29, 0.717) is 0 Å². The first kappa shape index (κ1) is 19.0. The maximum atomic E-state index is 12.8. The largest absolute Gasteiger partial charge is 0.481 e. The predicted octanol–water partition coefficient (Wildman–Crippen LogP) is 2.70. The van der Waals surface area contributed by atoms with Crippen molar-refractivity contribution in [2.24, 2.45) is 17.3 Å². The van der Waals surface area contributed by atoms with E-state index in [9.17, 15) is 19.5 Å². The lowest BCUT2D eigenvalue weighted by Crippen LogP contribution is -2.38. The van der Waals surface area contributed by atoms with Crippen LogP contribution in [0, 0.1) is 17.3 Å². The average molecular weight is 395 g/mol. The Morgan fingerprint density at radius 3 is 2.03 bits per heavy atom. The molecule has 2 aromatic carbocycles. The van der Waals surface area contributed by atoms with Gasteiger partial charge in [-0.05, 0) is 11.1 Å². The second kappa shape index (κ2) is 7.58. The lowest BCUT2D eigenvalue weighted by atomic mass is 10.0. The van der Waals surface area contributed by atoms with Crippen LogP contribution in [0.1, 0.15) is 11.1 Å². The Labute approximate surface area is 167 Å². The minimum Gasteiger partial charge on any atom is -0.481 e. The SMILES string of the molecule is O=C(O)C1C2CN(C(=O)OCc3ccccc3)CC21C(=O)OCc1ccccc1. The number of likely N-dealkylation sites (tertiary alicyclic amines) is 1. The van der Waals surface area contributed by atoms with Crippen molar-refractivity contribution >= 4 is 18.0 Å². The third-order valence-corrected chi connectivity index (χ3v) is 5.70. The second-order valence-electron chi connectivity index (χ2n) is 7.45. The molecular weight excluding hydrogens is 374 g/mol. The molecule has 7 nitrogen and oxygen atoms in total. The number of hydrogen-bond donors (Lipinski definition) is 1. The van der Waals surface area contributed by atoms with Crippen LogP contribution in [0.25, 0.3) is 0 Å². The quantitative estimate of drug-likeness (QED) is 0.756. The highest BCUT2D eigenvalue weighted by molar-refractivity contribution is 5.93. The van der Waals surface area contributed by atoms with Crippen LogP contribution in [0.4, 0.5) is 4.79 Å². The third kappa shape index (κ3) is 3.55. The number of nitrogens with zero attached hydrogens (tertiary/aromatic N) is 1. The number of rotatable bonds is 6. The Morgan fingerprint density at radius 1 is 0.931 bits per heavy atom. The summed E-state index contributed by atoms with van der Waals surface area (Å²) in [4.78, 5) is 38.2. The first-order chi connectivity index (χ1) is 14.0. The van der Waals surface area contributed by atoms with Crippen LogP contribution >= 0.6 is 0 Å². The topological polar surface area (TPSA) is 93.1 Å². The summed E-state index contributed by atoms with van der Waals surface area (Å²) in [5, 5.41) is 9.49. The summed E-state index contributed by atoms with van der Waals surface area (Å²) in [6.45, 7) is 0.356. The molecule has 7 heteroatoms. The predicted molar refractivity (Wildman–Crippen MR) is 101 cm³/mol. The summed E-state index contributed by atoms with van der Waals surface area (Å²) in [6, 6.07) is 18.4. The maximum Gasteiger partial charge on any atom is 0.410 e. The molecule has 0 radical (unpaired) electrons. The van der Waals surface area contributed by atoms with Crippen molar-refractivity contribution in [1.82, 2.24) is 4.90 Å². The van der Waals surface area contributed by atoms with Crippen molar-refractivity contribution in [2.75, 3.05) is 13.1 Å². The van der Waals surface area contributed by atoms with E-state index in [1.807, 2.05) is 60.7 Å². The smallest absolute Gasteiger partial charge is 0.410 e. The minimum absolute atomic E-state index is 0.00409. The van der Waals surface area contributed by atoms with Gasteiger partial charge >= 0.3 is 18.0 Å². The van der Waals surface area contributed by atoms with Gasteiger partial charge in [0.15, 0.2) is 0 Å². The molecule has 3 atom stereocenters. The number of hydrogen-bond acceptors (Lipinski definition) is 5. The van der Waals surface area contributed by atoms with Crippen LogP contribution in [-0.4, -0.2) is 41.1 Å². The Balaban J connectivity index is 1.39. The van der Waals surface area contributed by atoms with Crippen LogP contribution in [0.5, 0.6) is 0 Å². The zero-order valence-electron chi connectivity index (χ0n) is 15.7. The van der Waals surface area contributed by atoms with Gasteiger partial charge in [0.05, 0.1) is 5.92 Å². The number of amides is 1. The van der Waals surface area contributed by atoms with E-state index in [4.69, 9.17) is 9.47 Å². The monoisotopic (exact) mass is 395 g/mol. The van der Waals surface area contributed by atoms with Crippen molar-refractivity contribution in [1.29, 1.82) is 0 Å². The van der Waals surface area contributed by atoms with Crippen LogP contribution in [-0.2, 0) is 32.3 Å². The van der Waals surface area contributed by atoms with Crippen molar-refractivity contribution < 1.29 is 29.0 Å². The molecule has 3 unspecified atom stereocenters. The van der Waals surface area contributed by atoms with E-state index >= 15 is 0 Å². The molecule has 150 valence electrons.